The van der Waals surface area contributed by atoms with Gasteiger partial charge in [0.25, 0.3) is 0 Å². The monoisotopic (exact) mass is 560 g/mol. The molecule has 0 saturated heterocycles. The lowest BCUT2D eigenvalue weighted by Gasteiger charge is -2.28. The molecule has 0 aliphatic rings. The Bertz CT molecular complexity index is 1190. The zero-order valence-corrected chi connectivity index (χ0v) is 22.7. The van der Waals surface area contributed by atoms with Gasteiger partial charge in [-0.2, -0.15) is 0 Å². The number of benzene rings is 1. The average Bonchev–Trinajstić information content (AvgIpc) is 3.34. The summed E-state index contributed by atoms with van der Waals surface area (Å²) in [6, 6.07) is 2.71. The predicted molar refractivity (Wildman–Crippen MR) is 150 cm³/mol. The highest BCUT2D eigenvalue weighted by atomic mass is 16.4. The molecule has 2 rings (SSSR count). The summed E-state index contributed by atoms with van der Waals surface area (Å²) >= 11 is 0. The lowest BCUT2D eigenvalue weighted by atomic mass is 9.96. The Kier molecular flexibility index (Phi) is 12.4. The molecule has 2 aromatic rings. The quantitative estimate of drug-likeness (QED) is 0.0669. The van der Waals surface area contributed by atoms with Crippen molar-refractivity contribution in [2.45, 2.75) is 63.7 Å². The second-order valence-electron chi connectivity index (χ2n) is 9.63. The summed E-state index contributed by atoms with van der Waals surface area (Å²) in [5.74, 6) is -3.79. The number of carbonyl (C=O) groups is 4. The molecule has 1 aromatic carbocycles. The number of aliphatic imine (C=N–C) groups is 1. The van der Waals surface area contributed by atoms with Crippen LogP contribution in [0.25, 0.3) is 10.9 Å². The molecule has 40 heavy (non-hydrogen) atoms. The maximum atomic E-state index is 13.4. The average molecular weight is 561 g/mol. The van der Waals surface area contributed by atoms with Gasteiger partial charge in [-0.15, -0.1) is 0 Å². The summed E-state index contributed by atoms with van der Waals surface area (Å²) in [5, 5.41) is 27.5. The molecule has 220 valence electrons. The fourth-order valence-electron chi connectivity index (χ4n) is 4.07. The third-order valence-electron chi connectivity index (χ3n) is 6.62. The zero-order valence-electron chi connectivity index (χ0n) is 22.7. The second kappa shape index (κ2) is 15.4. The maximum absolute atomic E-state index is 13.4. The summed E-state index contributed by atoms with van der Waals surface area (Å²) in [4.78, 5) is 58.0. The first-order chi connectivity index (χ1) is 19.0. The summed E-state index contributed by atoms with van der Waals surface area (Å²) < 4.78 is 0. The van der Waals surface area contributed by atoms with Crippen LogP contribution >= 0.6 is 0 Å². The Morgan fingerprint density at radius 3 is 2.33 bits per heavy atom. The SMILES string of the molecule is CCC(C)C(NC(=O)C(N)CO)C(=O)NC(Cc1c[nH]c2ccccc12)C(=O)NC(CCCN=C(N)N)C(=O)O. The van der Waals surface area contributed by atoms with Gasteiger partial charge in [0.15, 0.2) is 5.96 Å². The van der Waals surface area contributed by atoms with Gasteiger partial charge >= 0.3 is 5.97 Å². The van der Waals surface area contributed by atoms with Crippen molar-refractivity contribution < 1.29 is 29.4 Å². The molecule has 5 unspecified atom stereocenters. The Morgan fingerprint density at radius 1 is 1.02 bits per heavy atom. The highest BCUT2D eigenvalue weighted by Gasteiger charge is 2.32. The molecule has 0 fully saturated rings. The molecule has 1 aromatic heterocycles. The summed E-state index contributed by atoms with van der Waals surface area (Å²) in [6.45, 7) is 3.16. The Morgan fingerprint density at radius 2 is 1.70 bits per heavy atom. The van der Waals surface area contributed by atoms with Gasteiger partial charge in [-0.1, -0.05) is 38.5 Å². The summed E-state index contributed by atoms with van der Waals surface area (Å²) in [6.07, 6.45) is 2.62. The van der Waals surface area contributed by atoms with Crippen LogP contribution in [0.1, 0.15) is 38.7 Å². The number of rotatable bonds is 16. The van der Waals surface area contributed by atoms with Crippen LogP contribution in [0.4, 0.5) is 0 Å². The fraction of sp³-hybridized carbons (Fsp3) is 0.500. The van der Waals surface area contributed by atoms with E-state index in [0.717, 1.165) is 16.5 Å². The molecule has 0 aliphatic carbocycles. The number of para-hydroxylation sites is 1. The van der Waals surface area contributed by atoms with E-state index in [2.05, 4.69) is 25.9 Å². The van der Waals surface area contributed by atoms with Crippen LogP contribution in [0.15, 0.2) is 35.5 Å². The highest BCUT2D eigenvalue weighted by molar-refractivity contribution is 5.95. The number of aliphatic hydroxyl groups excluding tert-OH is 1. The van der Waals surface area contributed by atoms with E-state index < -0.39 is 54.5 Å². The largest absolute Gasteiger partial charge is 0.480 e. The number of nitrogens with one attached hydrogen (secondary N) is 4. The molecule has 0 radical (unpaired) electrons. The lowest BCUT2D eigenvalue weighted by Crippen LogP contribution is -2.59. The highest BCUT2D eigenvalue weighted by Crippen LogP contribution is 2.20. The van der Waals surface area contributed by atoms with Gasteiger partial charge in [-0.25, -0.2) is 4.79 Å². The van der Waals surface area contributed by atoms with Crippen LogP contribution in [-0.4, -0.2) is 82.2 Å². The number of guanidine groups is 1. The van der Waals surface area contributed by atoms with E-state index in [9.17, 15) is 29.4 Å². The van der Waals surface area contributed by atoms with Crippen LogP contribution in [0.3, 0.4) is 0 Å². The smallest absolute Gasteiger partial charge is 0.326 e. The molecule has 0 aliphatic heterocycles. The minimum absolute atomic E-state index is 0.0409. The predicted octanol–water partition coefficient (Wildman–Crippen LogP) is -1.33. The molecule has 14 heteroatoms. The van der Waals surface area contributed by atoms with Crippen molar-refractivity contribution in [2.24, 2.45) is 28.1 Å². The number of fused-ring (bicyclic) bond motifs is 1. The number of aromatic nitrogens is 1. The maximum Gasteiger partial charge on any atom is 0.326 e. The van der Waals surface area contributed by atoms with Crippen molar-refractivity contribution in [3.8, 4) is 0 Å². The van der Waals surface area contributed by atoms with E-state index in [1.54, 1.807) is 13.1 Å². The van der Waals surface area contributed by atoms with Crippen LogP contribution in [0.2, 0.25) is 0 Å². The molecule has 14 nitrogen and oxygen atoms in total. The van der Waals surface area contributed by atoms with Gasteiger partial charge < -0.3 is 48.3 Å². The number of carbonyl (C=O) groups excluding carboxylic acids is 3. The third-order valence-corrected chi connectivity index (χ3v) is 6.62. The first kappa shape index (κ1) is 32.0. The molecule has 5 atom stereocenters. The van der Waals surface area contributed by atoms with Crippen LogP contribution in [0.5, 0.6) is 0 Å². The molecule has 0 bridgehead atoms. The number of nitrogens with zero attached hydrogens (tertiary/aromatic N) is 1. The van der Waals surface area contributed by atoms with Crippen molar-refractivity contribution in [1.29, 1.82) is 0 Å². The number of carboxylic acid groups (broad SMARTS) is 1. The van der Waals surface area contributed by atoms with Crippen molar-refractivity contribution in [1.82, 2.24) is 20.9 Å². The van der Waals surface area contributed by atoms with Crippen LogP contribution in [0, 0.1) is 5.92 Å². The van der Waals surface area contributed by atoms with Gasteiger partial charge in [0.2, 0.25) is 17.7 Å². The fourth-order valence-corrected chi connectivity index (χ4v) is 4.07. The van der Waals surface area contributed by atoms with E-state index in [0.29, 0.717) is 12.8 Å². The number of aliphatic carboxylic acids is 1. The number of H-pyrrole nitrogens is 1. The van der Waals surface area contributed by atoms with Gasteiger partial charge in [0, 0.05) is 30.1 Å². The number of aromatic amines is 1. The zero-order chi connectivity index (χ0) is 29.8. The van der Waals surface area contributed by atoms with Gasteiger partial charge in [-0.05, 0) is 30.4 Å². The normalized spacial score (nSPS) is 14.8. The molecule has 12 N–H and O–H groups in total. The second-order valence-corrected chi connectivity index (χ2v) is 9.63. The number of carboxylic acids is 1. The number of nitrogens with two attached hydrogens (primary N) is 3. The van der Waals surface area contributed by atoms with Gasteiger partial charge in [0.1, 0.15) is 24.2 Å². The van der Waals surface area contributed by atoms with Crippen molar-refractivity contribution in [3.63, 3.8) is 0 Å². The number of hydrogen-bond acceptors (Lipinski definition) is 7. The first-order valence-electron chi connectivity index (χ1n) is 13.1. The molecule has 0 saturated carbocycles. The summed E-state index contributed by atoms with van der Waals surface area (Å²) in [7, 11) is 0. The topological polar surface area (TPSA) is 251 Å². The Labute approximate surface area is 232 Å². The van der Waals surface area contributed by atoms with E-state index in [1.807, 2.05) is 31.2 Å². The minimum atomic E-state index is -1.25. The summed E-state index contributed by atoms with van der Waals surface area (Å²) in [5.41, 5.74) is 17.8. The molecule has 3 amide bonds. The van der Waals surface area contributed by atoms with Gasteiger partial charge in [-0.3, -0.25) is 19.4 Å². The molecule has 0 spiro atoms. The van der Waals surface area contributed by atoms with Crippen LogP contribution < -0.4 is 33.2 Å². The van der Waals surface area contributed by atoms with Crippen molar-refractivity contribution in [3.05, 3.63) is 36.0 Å². The number of aliphatic hydroxyl groups is 1. The van der Waals surface area contributed by atoms with E-state index in [-0.39, 0.29) is 31.3 Å². The first-order valence-corrected chi connectivity index (χ1v) is 13.1. The van der Waals surface area contributed by atoms with Crippen LogP contribution in [-0.2, 0) is 25.6 Å². The Balaban J connectivity index is 2.31. The van der Waals surface area contributed by atoms with Crippen molar-refractivity contribution in [2.75, 3.05) is 13.2 Å². The van der Waals surface area contributed by atoms with Gasteiger partial charge in [0.05, 0.1) is 6.61 Å². The Hall–Kier alpha value is -4.17. The third kappa shape index (κ3) is 9.24. The number of hydrogen-bond donors (Lipinski definition) is 9. The minimum Gasteiger partial charge on any atom is -0.480 e. The van der Waals surface area contributed by atoms with E-state index >= 15 is 0 Å². The molecular formula is C26H40N8O6. The lowest BCUT2D eigenvalue weighted by molar-refractivity contribution is -0.142. The van der Waals surface area contributed by atoms with Crippen molar-refractivity contribution >= 4 is 40.6 Å². The standard InChI is InChI=1S/C26H40N8O6/c1-3-14(2)21(34-22(36)17(27)13-35)24(38)33-20(11-15-12-31-18-8-5-4-7-16(15)18)23(37)32-19(25(39)40)9-6-10-30-26(28)29/h4-5,7-8,12,14,17,19-21,31,35H,3,6,9-11,13,27H2,1-2H3,(H,32,37)(H,33,38)(H,34,36)(H,39,40)(H4,28,29,30). The van der Waals surface area contributed by atoms with E-state index in [1.165, 1.54) is 0 Å². The molecular weight excluding hydrogens is 520 g/mol. The molecule has 1 heterocycles. The van der Waals surface area contributed by atoms with E-state index in [4.69, 9.17) is 17.2 Å². The number of amides is 3.